The average Bonchev–Trinajstić information content (AvgIpc) is 2.66. The lowest BCUT2D eigenvalue weighted by Gasteiger charge is -2.12. The average molecular weight is 180 g/mol. The van der Waals surface area contributed by atoms with Crippen molar-refractivity contribution in [3.63, 3.8) is 0 Å². The lowest BCUT2D eigenvalue weighted by atomic mass is 10.0. The molecule has 13 heavy (non-hydrogen) atoms. The first-order valence-corrected chi connectivity index (χ1v) is 4.53. The minimum atomic E-state index is -0.758. The molecule has 70 valence electrons. The Labute approximate surface area is 77.2 Å². The molecule has 0 spiro atoms. The van der Waals surface area contributed by atoms with E-state index >= 15 is 0 Å². The van der Waals surface area contributed by atoms with Gasteiger partial charge in [0.25, 0.3) is 0 Å². The fourth-order valence-electron chi connectivity index (χ4n) is 1.84. The first-order valence-electron chi connectivity index (χ1n) is 4.53. The topological polar surface area (TPSA) is 20.2 Å². The van der Waals surface area contributed by atoms with Crippen LogP contribution in [0.15, 0.2) is 18.2 Å². The molecule has 1 aliphatic carbocycles. The van der Waals surface area contributed by atoms with Crippen LogP contribution in [-0.2, 0) is 5.60 Å². The van der Waals surface area contributed by atoms with Crippen LogP contribution in [0.4, 0.5) is 4.39 Å². The molecule has 1 aromatic rings. The molecule has 0 aromatic heterocycles. The predicted octanol–water partition coefficient (Wildman–Crippen LogP) is 2.36. The molecule has 0 radical (unpaired) electrons. The van der Waals surface area contributed by atoms with Gasteiger partial charge in [0.2, 0.25) is 0 Å². The van der Waals surface area contributed by atoms with Gasteiger partial charge in [0, 0.05) is 0 Å². The summed E-state index contributed by atoms with van der Waals surface area (Å²) < 4.78 is 12.9. The molecule has 1 aliphatic rings. The third-order valence-corrected chi connectivity index (χ3v) is 2.94. The van der Waals surface area contributed by atoms with Crippen LogP contribution in [0.1, 0.15) is 24.5 Å². The van der Waals surface area contributed by atoms with E-state index in [0.29, 0.717) is 0 Å². The zero-order valence-electron chi connectivity index (χ0n) is 7.84. The van der Waals surface area contributed by atoms with Crippen molar-refractivity contribution in [2.45, 2.75) is 25.9 Å². The van der Waals surface area contributed by atoms with Gasteiger partial charge >= 0.3 is 0 Å². The number of aliphatic hydroxyl groups is 1. The van der Waals surface area contributed by atoms with Crippen molar-refractivity contribution < 1.29 is 9.50 Å². The minimum Gasteiger partial charge on any atom is -0.385 e. The highest BCUT2D eigenvalue weighted by atomic mass is 19.1. The van der Waals surface area contributed by atoms with E-state index in [1.807, 2.05) is 13.8 Å². The predicted molar refractivity (Wildman–Crippen MR) is 48.8 cm³/mol. The summed E-state index contributed by atoms with van der Waals surface area (Å²) in [5.41, 5.74) is 0.958. The van der Waals surface area contributed by atoms with Gasteiger partial charge in [-0.1, -0.05) is 13.0 Å². The van der Waals surface area contributed by atoms with E-state index < -0.39 is 5.60 Å². The first kappa shape index (κ1) is 8.70. The monoisotopic (exact) mass is 180 g/mol. The van der Waals surface area contributed by atoms with Crippen molar-refractivity contribution >= 4 is 0 Å². The van der Waals surface area contributed by atoms with Crippen LogP contribution >= 0.6 is 0 Å². The molecule has 1 fully saturated rings. The Morgan fingerprint density at radius 2 is 2.15 bits per heavy atom. The Balaban J connectivity index is 2.46. The maximum absolute atomic E-state index is 12.9. The molecule has 1 aromatic carbocycles. The van der Waals surface area contributed by atoms with Crippen molar-refractivity contribution in [3.05, 3.63) is 35.1 Å². The molecular formula is C11H13FO. The molecule has 2 heteroatoms. The second-order valence-corrected chi connectivity index (χ2v) is 3.99. The fraction of sp³-hybridized carbons (Fsp3) is 0.455. The molecule has 0 bridgehead atoms. The molecule has 0 amide bonds. The van der Waals surface area contributed by atoms with Gasteiger partial charge < -0.3 is 5.11 Å². The van der Waals surface area contributed by atoms with Crippen LogP contribution in [0.25, 0.3) is 0 Å². The van der Waals surface area contributed by atoms with Gasteiger partial charge in [-0.15, -0.1) is 0 Å². The van der Waals surface area contributed by atoms with Gasteiger partial charge in [-0.25, -0.2) is 4.39 Å². The van der Waals surface area contributed by atoms with Crippen molar-refractivity contribution in [2.24, 2.45) is 5.92 Å². The minimum absolute atomic E-state index is 0.257. The van der Waals surface area contributed by atoms with Crippen LogP contribution < -0.4 is 0 Å². The lowest BCUT2D eigenvalue weighted by molar-refractivity contribution is 0.133. The SMILES string of the molecule is Cc1ccc(F)cc1C1(O)CC1C. The van der Waals surface area contributed by atoms with Crippen molar-refractivity contribution in [3.8, 4) is 0 Å². The zero-order valence-corrected chi connectivity index (χ0v) is 7.84. The molecule has 1 N–H and O–H groups in total. The number of aryl methyl sites for hydroxylation is 1. The summed E-state index contributed by atoms with van der Waals surface area (Å²) in [7, 11) is 0. The number of benzene rings is 1. The summed E-state index contributed by atoms with van der Waals surface area (Å²) in [5, 5.41) is 10.0. The summed E-state index contributed by atoms with van der Waals surface area (Å²) in [6, 6.07) is 4.59. The van der Waals surface area contributed by atoms with E-state index in [4.69, 9.17) is 0 Å². The van der Waals surface area contributed by atoms with Crippen LogP contribution in [0, 0.1) is 18.7 Å². The smallest absolute Gasteiger partial charge is 0.123 e. The van der Waals surface area contributed by atoms with Crippen molar-refractivity contribution in [1.29, 1.82) is 0 Å². The van der Waals surface area contributed by atoms with Gasteiger partial charge in [0.15, 0.2) is 0 Å². The summed E-state index contributed by atoms with van der Waals surface area (Å²) in [6.45, 7) is 3.88. The second kappa shape index (κ2) is 2.55. The van der Waals surface area contributed by atoms with E-state index in [1.165, 1.54) is 12.1 Å². The molecule has 2 rings (SSSR count). The Hall–Kier alpha value is -0.890. The van der Waals surface area contributed by atoms with Crippen molar-refractivity contribution in [2.75, 3.05) is 0 Å². The Kier molecular flexibility index (Phi) is 1.70. The third-order valence-electron chi connectivity index (χ3n) is 2.94. The van der Waals surface area contributed by atoms with E-state index in [1.54, 1.807) is 6.07 Å². The Bertz CT molecular complexity index is 348. The highest BCUT2D eigenvalue weighted by Crippen LogP contribution is 2.52. The molecule has 0 saturated heterocycles. The van der Waals surface area contributed by atoms with Gasteiger partial charge in [-0.2, -0.15) is 0 Å². The highest BCUT2D eigenvalue weighted by Gasteiger charge is 2.51. The molecule has 0 aliphatic heterocycles. The van der Waals surface area contributed by atoms with Gasteiger partial charge in [0.1, 0.15) is 5.82 Å². The van der Waals surface area contributed by atoms with Gasteiger partial charge in [0.05, 0.1) is 5.60 Å². The van der Waals surface area contributed by atoms with E-state index in [-0.39, 0.29) is 11.7 Å². The first-order chi connectivity index (χ1) is 6.04. The Morgan fingerprint density at radius 3 is 2.69 bits per heavy atom. The second-order valence-electron chi connectivity index (χ2n) is 3.99. The van der Waals surface area contributed by atoms with E-state index in [2.05, 4.69) is 0 Å². The molecule has 1 saturated carbocycles. The van der Waals surface area contributed by atoms with Crippen LogP contribution in [-0.4, -0.2) is 5.11 Å². The highest BCUT2D eigenvalue weighted by molar-refractivity contribution is 5.36. The quantitative estimate of drug-likeness (QED) is 0.703. The number of halogens is 1. The summed E-state index contributed by atoms with van der Waals surface area (Å²) in [5.74, 6) is -0.0128. The summed E-state index contributed by atoms with van der Waals surface area (Å²) in [4.78, 5) is 0. The molecule has 2 unspecified atom stereocenters. The maximum Gasteiger partial charge on any atom is 0.123 e. The standard InChI is InChI=1S/C11H13FO/c1-7-3-4-9(12)5-10(7)11(13)6-8(11)2/h3-5,8,13H,6H2,1-2H3. The number of rotatable bonds is 1. The third kappa shape index (κ3) is 1.25. The number of hydrogen-bond donors (Lipinski definition) is 1. The van der Waals surface area contributed by atoms with Gasteiger partial charge in [-0.3, -0.25) is 0 Å². The molecule has 0 heterocycles. The fourth-order valence-corrected chi connectivity index (χ4v) is 1.84. The summed E-state index contributed by atoms with van der Waals surface area (Å²) >= 11 is 0. The van der Waals surface area contributed by atoms with Gasteiger partial charge in [-0.05, 0) is 42.5 Å². The van der Waals surface area contributed by atoms with E-state index in [0.717, 1.165) is 17.5 Å². The molecular weight excluding hydrogens is 167 g/mol. The zero-order chi connectivity index (χ0) is 9.64. The lowest BCUT2D eigenvalue weighted by Crippen LogP contribution is -2.09. The summed E-state index contributed by atoms with van der Waals surface area (Å²) in [6.07, 6.45) is 0.747. The maximum atomic E-state index is 12.9. The Morgan fingerprint density at radius 1 is 1.54 bits per heavy atom. The number of hydrogen-bond acceptors (Lipinski definition) is 1. The largest absolute Gasteiger partial charge is 0.385 e. The van der Waals surface area contributed by atoms with Crippen LogP contribution in [0.2, 0.25) is 0 Å². The van der Waals surface area contributed by atoms with Crippen LogP contribution in [0.3, 0.4) is 0 Å². The van der Waals surface area contributed by atoms with E-state index in [9.17, 15) is 9.50 Å². The molecule has 1 nitrogen and oxygen atoms in total. The van der Waals surface area contributed by atoms with Crippen molar-refractivity contribution in [1.82, 2.24) is 0 Å². The molecule has 2 atom stereocenters. The van der Waals surface area contributed by atoms with Crippen LogP contribution in [0.5, 0.6) is 0 Å². The normalized spacial score (nSPS) is 31.8.